The van der Waals surface area contributed by atoms with E-state index in [1.807, 2.05) is 0 Å². The summed E-state index contributed by atoms with van der Waals surface area (Å²) in [5.41, 5.74) is 0.809. The predicted octanol–water partition coefficient (Wildman–Crippen LogP) is 3.52. The number of hydrogen-bond acceptors (Lipinski definition) is 2. The molecule has 0 spiro atoms. The molecule has 1 aliphatic heterocycles. The van der Waals surface area contributed by atoms with Gasteiger partial charge in [0.05, 0.1) is 6.10 Å². The van der Waals surface area contributed by atoms with E-state index in [-0.39, 0.29) is 12.0 Å². The molecular weight excluding hydrogens is 250 g/mol. The van der Waals surface area contributed by atoms with Gasteiger partial charge in [-0.3, -0.25) is 0 Å². The Morgan fingerprint density at radius 2 is 1.74 bits per heavy atom. The second-order valence-electron chi connectivity index (χ2n) is 4.54. The van der Waals surface area contributed by atoms with Crippen LogP contribution in [-0.4, -0.2) is 5.11 Å². The third-order valence-electron chi connectivity index (χ3n) is 3.31. The summed E-state index contributed by atoms with van der Waals surface area (Å²) in [7, 11) is 0. The van der Waals surface area contributed by atoms with Crippen LogP contribution in [0.25, 0.3) is 0 Å². The highest BCUT2D eigenvalue weighted by atomic mass is 19.2. The molecular formula is C15H12F2O2. The molecule has 1 unspecified atom stereocenters. The van der Waals surface area contributed by atoms with Crippen molar-refractivity contribution in [1.29, 1.82) is 0 Å². The lowest BCUT2D eigenvalue weighted by atomic mass is 9.95. The molecule has 0 saturated carbocycles. The average molecular weight is 262 g/mol. The van der Waals surface area contributed by atoms with E-state index in [1.165, 1.54) is 12.1 Å². The molecule has 2 atom stereocenters. The van der Waals surface area contributed by atoms with Crippen LogP contribution in [0.1, 0.15) is 29.8 Å². The molecule has 1 aliphatic rings. The minimum Gasteiger partial charge on any atom is -0.485 e. The lowest BCUT2D eigenvalue weighted by Gasteiger charge is -2.30. The van der Waals surface area contributed by atoms with E-state index in [4.69, 9.17) is 4.74 Å². The summed E-state index contributed by atoms with van der Waals surface area (Å²) in [5.74, 6) is -1.32. The van der Waals surface area contributed by atoms with Crippen LogP contribution in [0.3, 0.4) is 0 Å². The fraction of sp³-hybridized carbons (Fsp3) is 0.200. The first-order valence-electron chi connectivity index (χ1n) is 6.04. The maximum absolute atomic E-state index is 13.8. The fourth-order valence-corrected chi connectivity index (χ4v) is 2.35. The molecule has 0 radical (unpaired) electrons. The number of aliphatic hydroxyl groups excluding tert-OH is 1. The van der Waals surface area contributed by atoms with Crippen LogP contribution in [0.15, 0.2) is 42.5 Å². The molecule has 1 heterocycles. The van der Waals surface area contributed by atoms with Crippen molar-refractivity contribution in [3.05, 3.63) is 65.2 Å². The first kappa shape index (κ1) is 12.1. The minimum atomic E-state index is -0.918. The minimum absolute atomic E-state index is 0.133. The molecule has 2 aromatic rings. The summed E-state index contributed by atoms with van der Waals surface area (Å²) < 4.78 is 32.6. The Hall–Kier alpha value is -1.94. The third-order valence-corrected chi connectivity index (χ3v) is 3.31. The Balaban J connectivity index is 1.99. The SMILES string of the molecule is O[C@H]1CC(c2cccc(F)c2F)Oc2ccccc21. The number of rotatable bonds is 1. The van der Waals surface area contributed by atoms with Gasteiger partial charge in [0.2, 0.25) is 0 Å². The topological polar surface area (TPSA) is 29.5 Å². The summed E-state index contributed by atoms with van der Waals surface area (Å²) in [6.07, 6.45) is -1.21. The van der Waals surface area contributed by atoms with Gasteiger partial charge in [-0.2, -0.15) is 0 Å². The highest BCUT2D eigenvalue weighted by molar-refractivity contribution is 5.38. The monoisotopic (exact) mass is 262 g/mol. The standard InChI is InChI=1S/C15H12F2O2/c16-11-6-3-5-10(15(11)17)14-8-12(18)9-4-1-2-7-13(9)19-14/h1-7,12,14,18H,8H2/t12-,14?/m0/s1. The van der Waals surface area contributed by atoms with Gasteiger partial charge in [-0.25, -0.2) is 8.78 Å². The average Bonchev–Trinajstić information content (AvgIpc) is 2.42. The number of aliphatic hydroxyl groups is 1. The molecule has 19 heavy (non-hydrogen) atoms. The predicted molar refractivity (Wildman–Crippen MR) is 65.7 cm³/mol. The summed E-state index contributed by atoms with van der Waals surface area (Å²) in [4.78, 5) is 0. The van der Waals surface area contributed by atoms with Crippen molar-refractivity contribution in [2.45, 2.75) is 18.6 Å². The molecule has 0 amide bonds. The molecule has 2 aromatic carbocycles. The Kier molecular flexibility index (Phi) is 2.95. The number of benzene rings is 2. The lowest BCUT2D eigenvalue weighted by Crippen LogP contribution is -2.20. The van der Waals surface area contributed by atoms with Crippen molar-refractivity contribution in [2.24, 2.45) is 0 Å². The molecule has 0 saturated heterocycles. The number of hydrogen-bond donors (Lipinski definition) is 1. The van der Waals surface area contributed by atoms with Gasteiger partial charge in [0.25, 0.3) is 0 Å². The third kappa shape index (κ3) is 2.08. The van der Waals surface area contributed by atoms with E-state index in [0.717, 1.165) is 6.07 Å². The van der Waals surface area contributed by atoms with Gasteiger partial charge in [-0.05, 0) is 12.1 Å². The molecule has 0 bridgehead atoms. The van der Waals surface area contributed by atoms with Crippen molar-refractivity contribution in [3.8, 4) is 5.75 Å². The van der Waals surface area contributed by atoms with Crippen LogP contribution in [-0.2, 0) is 0 Å². The van der Waals surface area contributed by atoms with E-state index < -0.39 is 23.8 Å². The zero-order valence-electron chi connectivity index (χ0n) is 10.0. The second kappa shape index (κ2) is 4.63. The first-order chi connectivity index (χ1) is 9.16. The highest BCUT2D eigenvalue weighted by Gasteiger charge is 2.30. The van der Waals surface area contributed by atoms with Crippen molar-refractivity contribution < 1.29 is 18.6 Å². The maximum Gasteiger partial charge on any atom is 0.165 e. The van der Waals surface area contributed by atoms with Gasteiger partial charge in [0.15, 0.2) is 11.6 Å². The normalized spacial score (nSPS) is 21.6. The maximum atomic E-state index is 13.8. The molecule has 4 heteroatoms. The van der Waals surface area contributed by atoms with Crippen molar-refractivity contribution >= 4 is 0 Å². The van der Waals surface area contributed by atoms with Crippen molar-refractivity contribution in [2.75, 3.05) is 0 Å². The van der Waals surface area contributed by atoms with E-state index in [2.05, 4.69) is 0 Å². The molecule has 0 fully saturated rings. The number of para-hydroxylation sites is 1. The number of fused-ring (bicyclic) bond motifs is 1. The van der Waals surface area contributed by atoms with Crippen LogP contribution < -0.4 is 4.74 Å². The van der Waals surface area contributed by atoms with E-state index in [1.54, 1.807) is 24.3 Å². The van der Waals surface area contributed by atoms with Gasteiger partial charge in [0, 0.05) is 17.5 Å². The molecule has 98 valence electrons. The van der Waals surface area contributed by atoms with Crippen LogP contribution in [0.2, 0.25) is 0 Å². The molecule has 0 aliphatic carbocycles. The fourth-order valence-electron chi connectivity index (χ4n) is 2.35. The van der Waals surface area contributed by atoms with Gasteiger partial charge >= 0.3 is 0 Å². The summed E-state index contributed by atoms with van der Waals surface area (Å²) in [6.45, 7) is 0. The smallest absolute Gasteiger partial charge is 0.165 e. The number of halogens is 2. The van der Waals surface area contributed by atoms with Crippen molar-refractivity contribution in [1.82, 2.24) is 0 Å². The Morgan fingerprint density at radius 1 is 1.00 bits per heavy atom. The largest absolute Gasteiger partial charge is 0.485 e. The molecule has 2 nitrogen and oxygen atoms in total. The van der Waals surface area contributed by atoms with E-state index in [0.29, 0.717) is 11.3 Å². The quantitative estimate of drug-likeness (QED) is 0.852. The van der Waals surface area contributed by atoms with E-state index >= 15 is 0 Å². The van der Waals surface area contributed by atoms with Crippen LogP contribution in [0.5, 0.6) is 5.75 Å². The second-order valence-corrected chi connectivity index (χ2v) is 4.54. The van der Waals surface area contributed by atoms with Gasteiger partial charge in [0.1, 0.15) is 11.9 Å². The number of ether oxygens (including phenoxy) is 1. The van der Waals surface area contributed by atoms with Crippen LogP contribution >= 0.6 is 0 Å². The Labute approximate surface area is 109 Å². The summed E-state index contributed by atoms with van der Waals surface area (Å²) in [6, 6.07) is 11.0. The van der Waals surface area contributed by atoms with Gasteiger partial charge in [-0.15, -0.1) is 0 Å². The Morgan fingerprint density at radius 3 is 2.58 bits per heavy atom. The molecule has 0 aromatic heterocycles. The zero-order chi connectivity index (χ0) is 13.4. The lowest BCUT2D eigenvalue weighted by molar-refractivity contribution is 0.0637. The van der Waals surface area contributed by atoms with Crippen molar-refractivity contribution in [3.63, 3.8) is 0 Å². The Bertz CT molecular complexity index is 613. The van der Waals surface area contributed by atoms with Crippen LogP contribution in [0, 0.1) is 11.6 Å². The van der Waals surface area contributed by atoms with Gasteiger partial charge in [-0.1, -0.05) is 30.3 Å². The molecule has 3 rings (SSSR count). The summed E-state index contributed by atoms with van der Waals surface area (Å²) in [5, 5.41) is 10.1. The van der Waals surface area contributed by atoms with E-state index in [9.17, 15) is 13.9 Å². The summed E-state index contributed by atoms with van der Waals surface area (Å²) >= 11 is 0. The highest BCUT2D eigenvalue weighted by Crippen LogP contribution is 2.41. The molecule has 1 N–H and O–H groups in total. The van der Waals surface area contributed by atoms with Crippen LogP contribution in [0.4, 0.5) is 8.78 Å². The zero-order valence-corrected chi connectivity index (χ0v) is 10.0. The first-order valence-corrected chi connectivity index (χ1v) is 6.04. The van der Waals surface area contributed by atoms with Gasteiger partial charge < -0.3 is 9.84 Å².